The number of rotatable bonds is 5. The average molecular weight is 345 g/mol. The number of hydrogen-bond donors (Lipinski definition) is 3. The highest BCUT2D eigenvalue weighted by molar-refractivity contribution is 5.88. The Kier molecular flexibility index (Phi) is 6.45. The maximum atomic E-state index is 12.1. The van der Waals surface area contributed by atoms with Crippen LogP contribution in [0.2, 0.25) is 0 Å². The van der Waals surface area contributed by atoms with Crippen LogP contribution in [-0.4, -0.2) is 24.5 Å². The zero-order valence-electron chi connectivity index (χ0n) is 15.8. The summed E-state index contributed by atoms with van der Waals surface area (Å²) in [4.78, 5) is 23.1. The number of amides is 3. The van der Waals surface area contributed by atoms with Crippen molar-refractivity contribution in [1.82, 2.24) is 10.6 Å². The van der Waals surface area contributed by atoms with Gasteiger partial charge in [0.25, 0.3) is 0 Å². The summed E-state index contributed by atoms with van der Waals surface area (Å²) in [5, 5.41) is 8.82. The highest BCUT2D eigenvalue weighted by Crippen LogP contribution is 2.38. The lowest BCUT2D eigenvalue weighted by Gasteiger charge is -2.39. The second-order valence-electron chi connectivity index (χ2n) is 8.02. The lowest BCUT2D eigenvalue weighted by atomic mass is 9.70. The molecule has 2 atom stereocenters. The van der Waals surface area contributed by atoms with Crippen LogP contribution in [-0.2, 0) is 11.2 Å². The van der Waals surface area contributed by atoms with Crippen LogP contribution in [0.25, 0.3) is 0 Å². The summed E-state index contributed by atoms with van der Waals surface area (Å²) in [6.07, 6.45) is 4.12. The van der Waals surface area contributed by atoms with Crippen LogP contribution in [0.4, 0.5) is 10.5 Å². The Morgan fingerprint density at radius 3 is 2.48 bits per heavy atom. The van der Waals surface area contributed by atoms with E-state index in [4.69, 9.17) is 0 Å². The first-order chi connectivity index (χ1) is 11.7. The molecule has 3 amide bonds. The van der Waals surface area contributed by atoms with Gasteiger partial charge in [-0.15, -0.1) is 0 Å². The highest BCUT2D eigenvalue weighted by Gasteiger charge is 2.32. The minimum atomic E-state index is -0.0774. The molecule has 5 nitrogen and oxygen atoms in total. The lowest BCUT2D eigenvalue weighted by Crippen LogP contribution is -2.48. The monoisotopic (exact) mass is 345 g/mol. The zero-order chi connectivity index (χ0) is 18.4. The van der Waals surface area contributed by atoms with E-state index in [1.165, 1.54) is 6.92 Å². The number of urea groups is 1. The molecule has 2 rings (SSSR count). The van der Waals surface area contributed by atoms with Crippen LogP contribution in [0.5, 0.6) is 0 Å². The summed E-state index contributed by atoms with van der Waals surface area (Å²) >= 11 is 0. The van der Waals surface area contributed by atoms with Gasteiger partial charge in [-0.2, -0.15) is 0 Å². The van der Waals surface area contributed by atoms with Gasteiger partial charge in [0, 0.05) is 25.2 Å². The maximum Gasteiger partial charge on any atom is 0.315 e. The van der Waals surface area contributed by atoms with Gasteiger partial charge in [0.05, 0.1) is 0 Å². The van der Waals surface area contributed by atoms with E-state index in [0.29, 0.717) is 17.9 Å². The molecule has 0 spiro atoms. The van der Waals surface area contributed by atoms with Crippen molar-refractivity contribution in [3.05, 3.63) is 29.8 Å². The molecule has 1 saturated carbocycles. The van der Waals surface area contributed by atoms with E-state index in [-0.39, 0.29) is 18.0 Å². The molecule has 1 aliphatic carbocycles. The average Bonchev–Trinajstić information content (AvgIpc) is 2.51. The number of carbonyl (C=O) groups is 2. The first kappa shape index (κ1) is 19.3. The van der Waals surface area contributed by atoms with Gasteiger partial charge in [-0.05, 0) is 54.7 Å². The van der Waals surface area contributed by atoms with Gasteiger partial charge in [-0.1, -0.05) is 32.9 Å². The Labute approximate surface area is 151 Å². The molecule has 1 aliphatic rings. The molecule has 25 heavy (non-hydrogen) atoms. The SMILES string of the molecule is CC(=O)Nc1ccc(CCNC(=O)NC2CCC(C)(C)CC2C)cc1. The minimum Gasteiger partial charge on any atom is -0.338 e. The van der Waals surface area contributed by atoms with Crippen molar-refractivity contribution in [2.45, 2.75) is 59.4 Å². The Morgan fingerprint density at radius 2 is 1.88 bits per heavy atom. The maximum absolute atomic E-state index is 12.1. The van der Waals surface area contributed by atoms with Gasteiger partial charge in [0.15, 0.2) is 0 Å². The van der Waals surface area contributed by atoms with E-state index in [0.717, 1.165) is 36.9 Å². The second-order valence-corrected chi connectivity index (χ2v) is 8.02. The number of benzene rings is 1. The molecular weight excluding hydrogens is 314 g/mol. The lowest BCUT2D eigenvalue weighted by molar-refractivity contribution is -0.114. The molecule has 5 heteroatoms. The zero-order valence-corrected chi connectivity index (χ0v) is 15.8. The molecule has 1 aromatic rings. The highest BCUT2D eigenvalue weighted by atomic mass is 16.2. The number of nitrogens with one attached hydrogen (secondary N) is 3. The van der Waals surface area contributed by atoms with Crippen molar-refractivity contribution in [3.63, 3.8) is 0 Å². The van der Waals surface area contributed by atoms with E-state index in [1.54, 1.807) is 0 Å². The molecule has 1 aromatic carbocycles. The fourth-order valence-electron chi connectivity index (χ4n) is 3.66. The van der Waals surface area contributed by atoms with Gasteiger partial charge in [0.1, 0.15) is 0 Å². The predicted molar refractivity (Wildman–Crippen MR) is 102 cm³/mol. The van der Waals surface area contributed by atoms with Crippen LogP contribution in [0.15, 0.2) is 24.3 Å². The van der Waals surface area contributed by atoms with E-state index < -0.39 is 0 Å². The van der Waals surface area contributed by atoms with Gasteiger partial charge in [0.2, 0.25) is 5.91 Å². The van der Waals surface area contributed by atoms with E-state index in [9.17, 15) is 9.59 Å². The van der Waals surface area contributed by atoms with Crippen molar-refractivity contribution >= 4 is 17.6 Å². The van der Waals surface area contributed by atoms with Gasteiger partial charge >= 0.3 is 6.03 Å². The molecule has 0 aromatic heterocycles. The molecule has 0 saturated heterocycles. The van der Waals surface area contributed by atoms with Crippen LogP contribution >= 0.6 is 0 Å². The predicted octanol–water partition coefficient (Wildman–Crippen LogP) is 3.70. The second kappa shape index (κ2) is 8.37. The molecule has 3 N–H and O–H groups in total. The van der Waals surface area contributed by atoms with Crippen molar-refractivity contribution < 1.29 is 9.59 Å². The summed E-state index contributed by atoms with van der Waals surface area (Å²) in [7, 11) is 0. The molecule has 0 bridgehead atoms. The Balaban J connectivity index is 1.71. The first-order valence-corrected chi connectivity index (χ1v) is 9.16. The summed E-state index contributed by atoms with van der Waals surface area (Å²) < 4.78 is 0. The summed E-state index contributed by atoms with van der Waals surface area (Å²) in [5.41, 5.74) is 2.30. The third-order valence-electron chi connectivity index (χ3n) is 4.98. The van der Waals surface area contributed by atoms with Crippen LogP contribution in [0.1, 0.15) is 52.5 Å². The number of anilines is 1. The van der Waals surface area contributed by atoms with Crippen molar-refractivity contribution in [1.29, 1.82) is 0 Å². The van der Waals surface area contributed by atoms with Gasteiger partial charge in [-0.25, -0.2) is 4.79 Å². The summed E-state index contributed by atoms with van der Waals surface area (Å²) in [6.45, 7) is 8.92. The Hall–Kier alpha value is -2.04. The van der Waals surface area contributed by atoms with Crippen LogP contribution in [0.3, 0.4) is 0 Å². The molecule has 0 heterocycles. The van der Waals surface area contributed by atoms with Crippen molar-refractivity contribution in [3.8, 4) is 0 Å². The molecule has 2 unspecified atom stereocenters. The van der Waals surface area contributed by atoms with Crippen molar-refractivity contribution in [2.75, 3.05) is 11.9 Å². The smallest absolute Gasteiger partial charge is 0.315 e. The van der Waals surface area contributed by atoms with Crippen LogP contribution in [0, 0.1) is 11.3 Å². The largest absolute Gasteiger partial charge is 0.338 e. The standard InChI is InChI=1S/C20H31N3O2/c1-14-13-20(3,4)11-9-18(14)23-19(25)21-12-10-16-5-7-17(8-6-16)22-15(2)24/h5-8,14,18H,9-13H2,1-4H3,(H,22,24)(H2,21,23,25). The third kappa shape index (κ3) is 6.40. The summed E-state index contributed by atoms with van der Waals surface area (Å²) in [6, 6.07) is 7.88. The normalized spacial score (nSPS) is 22.1. The van der Waals surface area contributed by atoms with E-state index in [2.05, 4.69) is 36.7 Å². The molecule has 138 valence electrons. The third-order valence-corrected chi connectivity index (χ3v) is 4.98. The first-order valence-electron chi connectivity index (χ1n) is 9.16. The minimum absolute atomic E-state index is 0.0774. The summed E-state index contributed by atoms with van der Waals surface area (Å²) in [5.74, 6) is 0.433. The topological polar surface area (TPSA) is 70.2 Å². The van der Waals surface area contributed by atoms with Gasteiger partial charge < -0.3 is 16.0 Å². The number of carbonyl (C=O) groups excluding carboxylic acids is 2. The molecule has 0 aliphatic heterocycles. The Morgan fingerprint density at radius 1 is 1.20 bits per heavy atom. The molecule has 1 fully saturated rings. The number of hydrogen-bond acceptors (Lipinski definition) is 2. The van der Waals surface area contributed by atoms with Crippen LogP contribution < -0.4 is 16.0 Å². The fourth-order valence-corrected chi connectivity index (χ4v) is 3.66. The van der Waals surface area contributed by atoms with Gasteiger partial charge in [-0.3, -0.25) is 4.79 Å². The molecule has 0 radical (unpaired) electrons. The van der Waals surface area contributed by atoms with E-state index >= 15 is 0 Å². The van der Waals surface area contributed by atoms with Crippen molar-refractivity contribution in [2.24, 2.45) is 11.3 Å². The quantitative estimate of drug-likeness (QED) is 0.761. The van der Waals surface area contributed by atoms with E-state index in [1.807, 2.05) is 24.3 Å². The molecular formula is C20H31N3O2. The Bertz CT molecular complexity index is 595. The fraction of sp³-hybridized carbons (Fsp3) is 0.600.